The predicted octanol–water partition coefficient (Wildman–Crippen LogP) is 5.07. The second kappa shape index (κ2) is 9.35. The fourth-order valence-electron chi connectivity index (χ4n) is 4.57. The Morgan fingerprint density at radius 2 is 1.71 bits per heavy atom. The molecule has 2 atom stereocenters. The Morgan fingerprint density at radius 3 is 2.41 bits per heavy atom. The van der Waals surface area contributed by atoms with Crippen LogP contribution in [0.4, 0.5) is 5.95 Å². The van der Waals surface area contributed by atoms with E-state index in [1.54, 1.807) is 23.6 Å². The number of hydrogen-bond acceptors (Lipinski definition) is 5. The van der Waals surface area contributed by atoms with Crippen LogP contribution in [0.25, 0.3) is 11.0 Å². The van der Waals surface area contributed by atoms with Gasteiger partial charge in [-0.05, 0) is 48.6 Å². The molecule has 6 nitrogen and oxygen atoms in total. The molecule has 2 heterocycles. The molecule has 0 aliphatic carbocycles. The first-order chi connectivity index (χ1) is 16.6. The number of hydrogen-bond donors (Lipinski definition) is 0. The number of imidazole rings is 1. The van der Waals surface area contributed by atoms with Crippen LogP contribution in [0.3, 0.4) is 0 Å². The molecule has 0 saturated carbocycles. The highest BCUT2D eigenvalue weighted by molar-refractivity contribution is 7.98. The molecule has 3 aromatic carbocycles. The molecule has 0 N–H and O–H groups in total. The van der Waals surface area contributed by atoms with Gasteiger partial charge < -0.3 is 9.30 Å². The van der Waals surface area contributed by atoms with Crippen molar-refractivity contribution in [3.63, 3.8) is 0 Å². The van der Waals surface area contributed by atoms with E-state index in [0.29, 0.717) is 12.5 Å². The van der Waals surface area contributed by atoms with Gasteiger partial charge in [0.25, 0.3) is 0 Å². The van der Waals surface area contributed by atoms with Crippen molar-refractivity contribution in [2.75, 3.05) is 17.8 Å². The summed E-state index contributed by atoms with van der Waals surface area (Å²) in [6, 6.07) is 25.0. The number of carbonyl (C=O) groups excluding carboxylic acids is 2. The van der Waals surface area contributed by atoms with Gasteiger partial charge in [-0.15, -0.1) is 11.8 Å². The maximum Gasteiger partial charge on any atom is 0.321 e. The summed E-state index contributed by atoms with van der Waals surface area (Å²) < 4.78 is 7.45. The summed E-state index contributed by atoms with van der Waals surface area (Å²) in [7, 11) is 0. The van der Waals surface area contributed by atoms with Gasteiger partial charge in [0.2, 0.25) is 11.9 Å². The van der Waals surface area contributed by atoms with Gasteiger partial charge in [-0.2, -0.15) is 0 Å². The minimum absolute atomic E-state index is 0.205. The molecule has 1 aromatic heterocycles. The Bertz CT molecular complexity index is 1330. The Labute approximate surface area is 202 Å². The predicted molar refractivity (Wildman–Crippen MR) is 134 cm³/mol. The van der Waals surface area contributed by atoms with Crippen LogP contribution in [-0.4, -0.2) is 34.3 Å². The lowest BCUT2D eigenvalue weighted by Crippen LogP contribution is -2.49. The zero-order valence-electron chi connectivity index (χ0n) is 19.0. The first-order valence-electron chi connectivity index (χ1n) is 11.2. The van der Waals surface area contributed by atoms with Crippen LogP contribution in [0.2, 0.25) is 0 Å². The normalized spacial score (nSPS) is 17.6. The third kappa shape index (κ3) is 3.86. The van der Waals surface area contributed by atoms with Gasteiger partial charge in [-0.25, -0.2) is 4.98 Å². The van der Waals surface area contributed by atoms with Crippen molar-refractivity contribution in [2.24, 2.45) is 5.92 Å². The number of anilines is 1. The molecule has 0 radical (unpaired) electrons. The Balaban J connectivity index is 1.73. The molecule has 1 aliphatic rings. The number of amides is 1. The zero-order chi connectivity index (χ0) is 23.7. The zero-order valence-corrected chi connectivity index (χ0v) is 19.9. The number of carbonyl (C=O) groups is 2. The summed E-state index contributed by atoms with van der Waals surface area (Å²) in [6.07, 6.45) is 2.02. The van der Waals surface area contributed by atoms with Crippen molar-refractivity contribution >= 4 is 40.6 Å². The molecular weight excluding hydrogens is 446 g/mol. The van der Waals surface area contributed by atoms with E-state index >= 15 is 0 Å². The number of esters is 1. The number of thioether (sulfide) groups is 1. The van der Waals surface area contributed by atoms with Gasteiger partial charge in [-0.1, -0.05) is 54.6 Å². The van der Waals surface area contributed by atoms with E-state index in [4.69, 9.17) is 9.72 Å². The van der Waals surface area contributed by atoms with Crippen molar-refractivity contribution < 1.29 is 14.3 Å². The third-order valence-electron chi connectivity index (χ3n) is 6.13. The number of fused-ring (bicyclic) bond motifs is 3. The fraction of sp³-hybridized carbons (Fsp3) is 0.222. The minimum atomic E-state index is -1.02. The number of para-hydroxylation sites is 2. The lowest BCUT2D eigenvalue weighted by Gasteiger charge is -2.38. The maximum atomic E-state index is 14.0. The smallest absolute Gasteiger partial charge is 0.321 e. The Hall–Kier alpha value is -3.58. The van der Waals surface area contributed by atoms with Crippen LogP contribution in [0.1, 0.15) is 24.1 Å². The highest BCUT2D eigenvalue weighted by Gasteiger charge is 2.47. The average molecular weight is 472 g/mol. The summed E-state index contributed by atoms with van der Waals surface area (Å²) >= 11 is 1.65. The molecule has 5 rings (SSSR count). The summed E-state index contributed by atoms with van der Waals surface area (Å²) in [5.41, 5.74) is 3.47. The highest BCUT2D eigenvalue weighted by Crippen LogP contribution is 2.42. The summed E-state index contributed by atoms with van der Waals surface area (Å²) in [5.74, 6) is -1.31. The van der Waals surface area contributed by atoms with Gasteiger partial charge in [0.05, 0.1) is 30.2 Å². The SMILES string of the molecule is CCOC(=O)C1C(=O)N(Cc2ccccc2)c2nc3ccccc3n2C1c1ccc(SC)cc1. The van der Waals surface area contributed by atoms with E-state index in [1.807, 2.05) is 89.7 Å². The monoisotopic (exact) mass is 471 g/mol. The molecule has 1 amide bonds. The molecular formula is C27H25N3O3S. The number of rotatable bonds is 6. The van der Waals surface area contributed by atoms with Crippen LogP contribution >= 0.6 is 11.8 Å². The minimum Gasteiger partial charge on any atom is -0.465 e. The van der Waals surface area contributed by atoms with E-state index < -0.39 is 17.9 Å². The molecule has 2 unspecified atom stereocenters. The van der Waals surface area contributed by atoms with Crippen LogP contribution < -0.4 is 4.90 Å². The van der Waals surface area contributed by atoms with Gasteiger partial charge in [0, 0.05) is 4.90 Å². The second-order valence-electron chi connectivity index (χ2n) is 8.13. The average Bonchev–Trinajstić information content (AvgIpc) is 3.25. The van der Waals surface area contributed by atoms with E-state index in [0.717, 1.165) is 27.1 Å². The number of ether oxygens (including phenoxy) is 1. The summed E-state index contributed by atoms with van der Waals surface area (Å²) in [6.45, 7) is 2.28. The lowest BCUT2D eigenvalue weighted by molar-refractivity contribution is -0.153. The molecule has 1 aliphatic heterocycles. The highest BCUT2D eigenvalue weighted by atomic mass is 32.2. The molecule has 7 heteroatoms. The number of benzene rings is 3. The summed E-state index contributed by atoms with van der Waals surface area (Å²) in [5, 5.41) is 0. The van der Waals surface area contributed by atoms with Gasteiger partial charge in [0.1, 0.15) is 0 Å². The molecule has 172 valence electrons. The number of aromatic nitrogens is 2. The van der Waals surface area contributed by atoms with Crippen molar-refractivity contribution in [1.82, 2.24) is 9.55 Å². The van der Waals surface area contributed by atoms with Gasteiger partial charge in [0.15, 0.2) is 5.92 Å². The van der Waals surface area contributed by atoms with Gasteiger partial charge in [-0.3, -0.25) is 14.5 Å². The van der Waals surface area contributed by atoms with Crippen LogP contribution in [-0.2, 0) is 20.9 Å². The summed E-state index contributed by atoms with van der Waals surface area (Å²) in [4.78, 5) is 34.8. The van der Waals surface area contributed by atoms with E-state index in [2.05, 4.69) is 0 Å². The molecule has 0 fully saturated rings. The lowest BCUT2D eigenvalue weighted by atomic mass is 9.89. The standard InChI is InChI=1S/C27H25N3O3S/c1-3-33-26(32)23-24(19-13-15-20(34-2)16-14-19)30-22-12-8-7-11-21(22)28-27(30)29(25(23)31)17-18-9-5-4-6-10-18/h4-16,23-24H,3,17H2,1-2H3. The van der Waals surface area contributed by atoms with Crippen molar-refractivity contribution in [2.45, 2.75) is 24.4 Å². The van der Waals surface area contributed by atoms with Crippen LogP contribution in [0.5, 0.6) is 0 Å². The fourth-order valence-corrected chi connectivity index (χ4v) is 4.97. The van der Waals surface area contributed by atoms with Crippen molar-refractivity contribution in [3.05, 3.63) is 90.0 Å². The second-order valence-corrected chi connectivity index (χ2v) is 9.01. The molecule has 0 spiro atoms. The Kier molecular flexibility index (Phi) is 6.11. The first kappa shape index (κ1) is 22.2. The molecule has 0 bridgehead atoms. The Morgan fingerprint density at radius 1 is 1.00 bits per heavy atom. The molecule has 4 aromatic rings. The van der Waals surface area contributed by atoms with Gasteiger partial charge >= 0.3 is 5.97 Å². The van der Waals surface area contributed by atoms with Crippen molar-refractivity contribution in [1.29, 1.82) is 0 Å². The van der Waals surface area contributed by atoms with Crippen molar-refractivity contribution in [3.8, 4) is 0 Å². The maximum absolute atomic E-state index is 14.0. The third-order valence-corrected chi connectivity index (χ3v) is 6.87. The van der Waals surface area contributed by atoms with Crippen LogP contribution in [0.15, 0.2) is 83.8 Å². The van der Waals surface area contributed by atoms with E-state index in [9.17, 15) is 9.59 Å². The van der Waals surface area contributed by atoms with Crippen LogP contribution in [0, 0.1) is 5.92 Å². The quantitative estimate of drug-likeness (QED) is 0.223. The van der Waals surface area contributed by atoms with E-state index in [1.165, 1.54) is 0 Å². The molecule has 34 heavy (non-hydrogen) atoms. The topological polar surface area (TPSA) is 64.4 Å². The number of nitrogens with zero attached hydrogens (tertiary/aromatic N) is 3. The van der Waals surface area contributed by atoms with E-state index in [-0.39, 0.29) is 12.5 Å². The molecule has 0 saturated heterocycles. The first-order valence-corrected chi connectivity index (χ1v) is 12.5. The largest absolute Gasteiger partial charge is 0.465 e.